The molecule has 0 fully saturated rings. The van der Waals surface area contributed by atoms with Gasteiger partial charge in [0.25, 0.3) is 0 Å². The summed E-state index contributed by atoms with van der Waals surface area (Å²) < 4.78 is 8.81. The van der Waals surface area contributed by atoms with Crippen molar-refractivity contribution >= 4 is 32.8 Å². The van der Waals surface area contributed by atoms with E-state index in [1.54, 1.807) is 7.11 Å². The summed E-state index contributed by atoms with van der Waals surface area (Å²) in [6.07, 6.45) is 4.43. The molecule has 0 saturated carbocycles. The lowest BCUT2D eigenvalue weighted by atomic mass is 9.95. The zero-order valence-corrected chi connectivity index (χ0v) is 20.4. The summed E-state index contributed by atoms with van der Waals surface area (Å²) in [4.78, 5) is 12.0. The third-order valence-corrected chi connectivity index (χ3v) is 6.58. The van der Waals surface area contributed by atoms with Crippen LogP contribution in [0.5, 0.6) is 0 Å². The van der Waals surface area contributed by atoms with E-state index in [2.05, 4.69) is 51.4 Å². The van der Waals surface area contributed by atoms with Crippen LogP contribution in [-0.4, -0.2) is 53.1 Å². The molecule has 0 aliphatic heterocycles. The van der Waals surface area contributed by atoms with Crippen molar-refractivity contribution in [1.82, 2.24) is 14.5 Å². The maximum Gasteiger partial charge on any atom is 0.150 e. The third-order valence-electron chi connectivity index (χ3n) is 6.12. The van der Waals surface area contributed by atoms with Crippen molar-refractivity contribution in [3.8, 4) is 5.69 Å². The van der Waals surface area contributed by atoms with Gasteiger partial charge in [-0.25, -0.2) is 9.97 Å². The molecule has 0 unspecified atom stereocenters. The molecular formula is C24H31BrN4O2. The Morgan fingerprint density at radius 3 is 2.48 bits per heavy atom. The molecule has 0 atom stereocenters. The number of aliphatic hydroxyl groups excluding tert-OH is 1. The lowest BCUT2D eigenvalue weighted by Gasteiger charge is -2.24. The third kappa shape index (κ3) is 4.11. The summed E-state index contributed by atoms with van der Waals surface area (Å²) in [5, 5.41) is 10.9. The molecule has 1 aliphatic carbocycles. The Balaban J connectivity index is 2.05. The van der Waals surface area contributed by atoms with Gasteiger partial charge >= 0.3 is 0 Å². The predicted octanol–water partition coefficient (Wildman–Crippen LogP) is 4.43. The lowest BCUT2D eigenvalue weighted by molar-refractivity contribution is 0.202. The van der Waals surface area contributed by atoms with Crippen molar-refractivity contribution in [3.05, 3.63) is 44.8 Å². The minimum Gasteiger partial charge on any atom is -0.395 e. The van der Waals surface area contributed by atoms with Crippen molar-refractivity contribution in [1.29, 1.82) is 0 Å². The van der Waals surface area contributed by atoms with E-state index in [1.807, 2.05) is 6.92 Å². The quantitative estimate of drug-likeness (QED) is 0.534. The Kier molecular flexibility index (Phi) is 6.65. The summed E-state index contributed by atoms with van der Waals surface area (Å²) in [6.45, 7) is 8.14. The summed E-state index contributed by atoms with van der Waals surface area (Å²) in [6, 6.07) is 4.35. The first-order valence-corrected chi connectivity index (χ1v) is 11.8. The van der Waals surface area contributed by atoms with E-state index in [0.29, 0.717) is 19.7 Å². The number of fused-ring (bicyclic) bond motifs is 3. The summed E-state index contributed by atoms with van der Waals surface area (Å²) in [7, 11) is 1.70. The van der Waals surface area contributed by atoms with Gasteiger partial charge in [0.15, 0.2) is 5.65 Å². The molecule has 3 aromatic rings. The molecule has 7 heteroatoms. The molecule has 1 aliphatic rings. The number of hydrogen-bond donors (Lipinski definition) is 1. The average Bonchev–Trinajstić information content (AvgIpc) is 3.04. The van der Waals surface area contributed by atoms with Gasteiger partial charge in [0.05, 0.1) is 24.3 Å². The Bertz CT molecular complexity index is 1090. The highest BCUT2D eigenvalue weighted by atomic mass is 79.9. The average molecular weight is 487 g/mol. The number of anilines is 1. The molecule has 31 heavy (non-hydrogen) atoms. The molecule has 4 rings (SSSR count). The van der Waals surface area contributed by atoms with Gasteiger partial charge in [0.2, 0.25) is 0 Å². The van der Waals surface area contributed by atoms with Gasteiger partial charge in [-0.05, 0) is 75.3 Å². The first kappa shape index (κ1) is 22.2. The fourth-order valence-corrected chi connectivity index (χ4v) is 5.57. The van der Waals surface area contributed by atoms with Crippen LogP contribution in [0.2, 0.25) is 0 Å². The van der Waals surface area contributed by atoms with Gasteiger partial charge in [0.1, 0.15) is 11.6 Å². The van der Waals surface area contributed by atoms with Crippen LogP contribution < -0.4 is 4.90 Å². The Morgan fingerprint density at radius 2 is 1.81 bits per heavy atom. The molecule has 0 radical (unpaired) electrons. The van der Waals surface area contributed by atoms with Gasteiger partial charge in [0, 0.05) is 30.4 Å². The largest absolute Gasteiger partial charge is 0.395 e. The highest BCUT2D eigenvalue weighted by Gasteiger charge is 2.28. The summed E-state index contributed by atoms with van der Waals surface area (Å²) in [5.74, 6) is 1.66. The molecule has 0 bridgehead atoms. The second-order valence-electron chi connectivity index (χ2n) is 8.35. The van der Waals surface area contributed by atoms with E-state index in [4.69, 9.17) is 14.7 Å². The monoisotopic (exact) mass is 486 g/mol. The maximum atomic E-state index is 9.72. The number of ether oxygens (including phenoxy) is 1. The Morgan fingerprint density at radius 1 is 1.10 bits per heavy atom. The summed E-state index contributed by atoms with van der Waals surface area (Å²) in [5.41, 5.74) is 7.35. The van der Waals surface area contributed by atoms with E-state index in [-0.39, 0.29) is 6.61 Å². The number of methoxy groups -OCH3 is 1. The minimum absolute atomic E-state index is 0.0715. The zero-order valence-electron chi connectivity index (χ0n) is 18.8. The fourth-order valence-electron chi connectivity index (χ4n) is 4.88. The van der Waals surface area contributed by atoms with E-state index >= 15 is 0 Å². The SMILES string of the molecule is COCCN(CCO)c1nc(C)nc2c1c1c(n2-c2c(C)cc(Br)cc2C)CCCC1. The molecular weight excluding hydrogens is 456 g/mol. The fraction of sp³-hybridized carbons (Fsp3) is 0.500. The van der Waals surface area contributed by atoms with Crippen LogP contribution in [0.1, 0.15) is 41.1 Å². The van der Waals surface area contributed by atoms with E-state index < -0.39 is 0 Å². The highest BCUT2D eigenvalue weighted by molar-refractivity contribution is 9.10. The van der Waals surface area contributed by atoms with E-state index in [9.17, 15) is 5.11 Å². The first-order valence-electron chi connectivity index (χ1n) is 11.0. The van der Waals surface area contributed by atoms with Crippen LogP contribution in [0, 0.1) is 20.8 Å². The number of aryl methyl sites for hydroxylation is 4. The number of rotatable bonds is 7. The van der Waals surface area contributed by atoms with Gasteiger partial charge in [-0.1, -0.05) is 15.9 Å². The Hall–Kier alpha value is -1.96. The number of hydrogen-bond acceptors (Lipinski definition) is 5. The van der Waals surface area contributed by atoms with E-state index in [1.165, 1.54) is 40.9 Å². The van der Waals surface area contributed by atoms with Crippen LogP contribution in [0.3, 0.4) is 0 Å². The molecule has 2 aromatic heterocycles. The zero-order chi connectivity index (χ0) is 22.1. The number of benzene rings is 1. The Labute approximate surface area is 192 Å². The number of nitrogens with zero attached hydrogens (tertiary/aromatic N) is 4. The first-order chi connectivity index (χ1) is 15.0. The minimum atomic E-state index is 0.0715. The normalized spacial score (nSPS) is 13.6. The standard InChI is InChI=1S/C24H31BrN4O2/c1-15-13-18(25)14-16(2)22(15)29-20-8-6-5-7-19(20)21-23(26-17(3)27-24(21)29)28(9-11-30)10-12-31-4/h13-14,30H,5-12H2,1-4H3. The molecule has 2 heterocycles. The molecule has 0 saturated heterocycles. The van der Waals surface area contributed by atoms with Gasteiger partial charge < -0.3 is 14.7 Å². The van der Waals surface area contributed by atoms with Crippen LogP contribution in [0.4, 0.5) is 5.82 Å². The molecule has 0 spiro atoms. The van der Waals surface area contributed by atoms with Gasteiger partial charge in [-0.15, -0.1) is 0 Å². The maximum absolute atomic E-state index is 9.72. The van der Waals surface area contributed by atoms with Crippen LogP contribution in [0.15, 0.2) is 16.6 Å². The number of halogens is 1. The topological polar surface area (TPSA) is 63.4 Å². The molecule has 6 nitrogen and oxygen atoms in total. The molecule has 1 N–H and O–H groups in total. The van der Waals surface area contributed by atoms with Crippen molar-refractivity contribution < 1.29 is 9.84 Å². The van der Waals surface area contributed by atoms with Crippen molar-refractivity contribution in [2.75, 3.05) is 38.3 Å². The number of aliphatic hydroxyl groups is 1. The van der Waals surface area contributed by atoms with E-state index in [0.717, 1.165) is 40.0 Å². The van der Waals surface area contributed by atoms with Crippen molar-refractivity contribution in [3.63, 3.8) is 0 Å². The van der Waals surface area contributed by atoms with Crippen LogP contribution in [-0.2, 0) is 17.6 Å². The van der Waals surface area contributed by atoms with Gasteiger partial charge in [-0.3, -0.25) is 4.57 Å². The smallest absolute Gasteiger partial charge is 0.150 e. The van der Waals surface area contributed by atoms with Crippen molar-refractivity contribution in [2.24, 2.45) is 0 Å². The van der Waals surface area contributed by atoms with Gasteiger partial charge in [-0.2, -0.15) is 0 Å². The second-order valence-corrected chi connectivity index (χ2v) is 9.27. The van der Waals surface area contributed by atoms with Crippen LogP contribution >= 0.6 is 15.9 Å². The second kappa shape index (κ2) is 9.27. The van der Waals surface area contributed by atoms with Crippen LogP contribution in [0.25, 0.3) is 16.7 Å². The highest BCUT2D eigenvalue weighted by Crippen LogP contribution is 2.39. The molecule has 166 valence electrons. The molecule has 1 aromatic carbocycles. The summed E-state index contributed by atoms with van der Waals surface area (Å²) >= 11 is 3.64. The number of aromatic nitrogens is 3. The van der Waals surface area contributed by atoms with Crippen molar-refractivity contribution in [2.45, 2.75) is 46.5 Å². The predicted molar refractivity (Wildman–Crippen MR) is 129 cm³/mol. The lowest BCUT2D eigenvalue weighted by Crippen LogP contribution is -2.31. The molecule has 0 amide bonds.